The third kappa shape index (κ3) is 2.18. The van der Waals surface area contributed by atoms with E-state index in [1.54, 1.807) is 6.07 Å². The molecule has 0 spiro atoms. The third-order valence-corrected chi connectivity index (χ3v) is 3.75. The van der Waals surface area contributed by atoms with E-state index in [1.807, 2.05) is 11.4 Å². The molecule has 6 heteroatoms. The van der Waals surface area contributed by atoms with Crippen molar-refractivity contribution >= 4 is 44.8 Å². The van der Waals surface area contributed by atoms with E-state index >= 15 is 0 Å². The Morgan fingerprint density at radius 1 is 1.26 bits per heavy atom. The predicted octanol–water partition coefficient (Wildman–Crippen LogP) is 3.16. The lowest BCUT2D eigenvalue weighted by Crippen LogP contribution is -2.07. The van der Waals surface area contributed by atoms with Gasteiger partial charge in [0.2, 0.25) is 0 Å². The Morgan fingerprint density at radius 3 is 2.95 bits per heavy atom. The molecule has 0 radical (unpaired) electrons. The first kappa shape index (κ1) is 12.1. The number of rotatable bonds is 2. The summed E-state index contributed by atoms with van der Waals surface area (Å²) in [5.41, 5.74) is 7.36. The van der Waals surface area contributed by atoms with E-state index in [4.69, 9.17) is 17.3 Å². The third-order valence-electron chi connectivity index (χ3n) is 2.69. The van der Waals surface area contributed by atoms with Crippen LogP contribution in [0, 0.1) is 0 Å². The molecule has 2 N–H and O–H groups in total. The Kier molecular flexibility index (Phi) is 2.93. The van der Waals surface area contributed by atoms with Gasteiger partial charge in [-0.05, 0) is 23.6 Å². The topological polar surface area (TPSA) is 68.9 Å². The molecule has 3 aromatic rings. The van der Waals surface area contributed by atoms with Crippen molar-refractivity contribution < 1.29 is 4.79 Å². The van der Waals surface area contributed by atoms with Crippen molar-refractivity contribution in [3.05, 3.63) is 52.1 Å². The first-order valence-electron chi connectivity index (χ1n) is 5.44. The van der Waals surface area contributed by atoms with Crippen molar-refractivity contribution in [3.8, 4) is 0 Å². The minimum atomic E-state index is -0.227. The molecule has 0 atom stereocenters. The number of carbonyl (C=O) groups excluding carboxylic acids is 1. The molecular weight excluding hydrogens is 282 g/mol. The summed E-state index contributed by atoms with van der Waals surface area (Å²) < 4.78 is 0.958. The summed E-state index contributed by atoms with van der Waals surface area (Å²) >= 11 is 7.38. The van der Waals surface area contributed by atoms with Crippen molar-refractivity contribution in [2.75, 3.05) is 5.73 Å². The Labute approximate surface area is 117 Å². The zero-order valence-electron chi connectivity index (χ0n) is 9.63. The molecule has 0 saturated heterocycles. The molecule has 94 valence electrons. The molecule has 3 aromatic heterocycles. The number of fused-ring (bicyclic) bond motifs is 1. The van der Waals surface area contributed by atoms with E-state index in [2.05, 4.69) is 9.97 Å². The predicted molar refractivity (Wildman–Crippen MR) is 76.7 cm³/mol. The standard InChI is InChI=1S/C13H8ClN3OS/c14-8-4-9(13(15)17-6-8)12(18)7-3-11-10(16-5-7)1-2-19-11/h1-6H,(H2,15,17). The molecule has 0 aliphatic rings. The molecule has 0 aliphatic heterocycles. The smallest absolute Gasteiger partial charge is 0.198 e. The van der Waals surface area contributed by atoms with E-state index in [0.717, 1.165) is 10.2 Å². The minimum absolute atomic E-state index is 0.167. The van der Waals surface area contributed by atoms with Gasteiger partial charge in [-0.1, -0.05) is 11.6 Å². The number of pyridine rings is 2. The van der Waals surface area contributed by atoms with Crippen molar-refractivity contribution in [1.29, 1.82) is 0 Å². The highest BCUT2D eigenvalue weighted by Gasteiger charge is 2.15. The van der Waals surface area contributed by atoms with Gasteiger partial charge in [0.1, 0.15) is 5.82 Å². The summed E-state index contributed by atoms with van der Waals surface area (Å²) in [6.45, 7) is 0. The molecule has 0 unspecified atom stereocenters. The van der Waals surface area contributed by atoms with Crippen LogP contribution in [0.1, 0.15) is 15.9 Å². The lowest BCUT2D eigenvalue weighted by atomic mass is 10.1. The van der Waals surface area contributed by atoms with Gasteiger partial charge in [-0.15, -0.1) is 11.3 Å². The van der Waals surface area contributed by atoms with Gasteiger partial charge in [0.15, 0.2) is 5.78 Å². The molecule has 19 heavy (non-hydrogen) atoms. The van der Waals surface area contributed by atoms with E-state index in [0.29, 0.717) is 16.1 Å². The van der Waals surface area contributed by atoms with Crippen LogP contribution in [0.5, 0.6) is 0 Å². The van der Waals surface area contributed by atoms with Crippen LogP contribution in [-0.2, 0) is 0 Å². The van der Waals surface area contributed by atoms with Crippen LogP contribution in [0.25, 0.3) is 10.2 Å². The first-order chi connectivity index (χ1) is 9.15. The lowest BCUT2D eigenvalue weighted by Gasteiger charge is -2.04. The fourth-order valence-corrected chi connectivity index (χ4v) is 2.70. The summed E-state index contributed by atoms with van der Waals surface area (Å²) in [7, 11) is 0. The van der Waals surface area contributed by atoms with Crippen LogP contribution in [0.3, 0.4) is 0 Å². The summed E-state index contributed by atoms with van der Waals surface area (Å²) in [5.74, 6) is -0.0593. The fourth-order valence-electron chi connectivity index (χ4n) is 1.76. The maximum absolute atomic E-state index is 12.4. The monoisotopic (exact) mass is 289 g/mol. The molecule has 0 aliphatic carbocycles. The summed E-state index contributed by atoms with van der Waals surface area (Å²) in [6.07, 6.45) is 2.95. The Bertz CT molecular complexity index is 784. The number of halogens is 1. The molecule has 0 saturated carbocycles. The number of hydrogen-bond acceptors (Lipinski definition) is 5. The second-order valence-electron chi connectivity index (χ2n) is 3.94. The van der Waals surface area contributed by atoms with Crippen molar-refractivity contribution in [2.45, 2.75) is 0 Å². The van der Waals surface area contributed by atoms with Gasteiger partial charge in [-0.25, -0.2) is 4.98 Å². The van der Waals surface area contributed by atoms with Crippen LogP contribution in [-0.4, -0.2) is 15.8 Å². The van der Waals surface area contributed by atoms with Crippen LogP contribution in [0.15, 0.2) is 36.0 Å². The van der Waals surface area contributed by atoms with Gasteiger partial charge in [-0.3, -0.25) is 9.78 Å². The lowest BCUT2D eigenvalue weighted by molar-refractivity contribution is 0.103. The minimum Gasteiger partial charge on any atom is -0.383 e. The van der Waals surface area contributed by atoms with Crippen molar-refractivity contribution in [3.63, 3.8) is 0 Å². The fraction of sp³-hybridized carbons (Fsp3) is 0. The zero-order valence-corrected chi connectivity index (χ0v) is 11.2. The molecule has 0 bridgehead atoms. The number of thiophene rings is 1. The van der Waals surface area contributed by atoms with E-state index in [9.17, 15) is 4.79 Å². The highest BCUT2D eigenvalue weighted by molar-refractivity contribution is 7.17. The zero-order chi connectivity index (χ0) is 13.4. The molecular formula is C13H8ClN3OS. The first-order valence-corrected chi connectivity index (χ1v) is 6.70. The summed E-state index contributed by atoms with van der Waals surface area (Å²) in [4.78, 5) is 20.5. The quantitative estimate of drug-likeness (QED) is 0.736. The number of hydrogen-bond donors (Lipinski definition) is 1. The summed E-state index contributed by atoms with van der Waals surface area (Å²) in [5, 5.41) is 2.31. The average molecular weight is 290 g/mol. The van der Waals surface area contributed by atoms with Gasteiger partial charge >= 0.3 is 0 Å². The van der Waals surface area contributed by atoms with Crippen LogP contribution in [0.4, 0.5) is 5.82 Å². The molecule has 3 rings (SSSR count). The molecule has 3 heterocycles. The molecule has 0 fully saturated rings. The van der Waals surface area contributed by atoms with E-state index < -0.39 is 0 Å². The molecule has 4 nitrogen and oxygen atoms in total. The van der Waals surface area contributed by atoms with Crippen LogP contribution < -0.4 is 5.73 Å². The molecule has 0 amide bonds. The second kappa shape index (κ2) is 4.60. The maximum atomic E-state index is 12.4. The number of ketones is 1. The van der Waals surface area contributed by atoms with Gasteiger partial charge in [0.05, 0.1) is 20.8 Å². The Balaban J connectivity index is 2.09. The number of carbonyl (C=O) groups is 1. The Hall–Kier alpha value is -1.98. The van der Waals surface area contributed by atoms with Crippen molar-refractivity contribution in [2.24, 2.45) is 0 Å². The average Bonchev–Trinajstić information content (AvgIpc) is 2.88. The van der Waals surface area contributed by atoms with Crippen LogP contribution >= 0.6 is 22.9 Å². The number of nitrogens with two attached hydrogens (primary N) is 1. The van der Waals surface area contributed by atoms with Gasteiger partial charge in [0, 0.05) is 18.0 Å². The highest BCUT2D eigenvalue weighted by atomic mass is 35.5. The largest absolute Gasteiger partial charge is 0.383 e. The summed E-state index contributed by atoms with van der Waals surface area (Å²) in [6, 6.07) is 5.23. The SMILES string of the molecule is Nc1ncc(Cl)cc1C(=O)c1cnc2ccsc2c1. The van der Waals surface area contributed by atoms with E-state index in [1.165, 1.54) is 29.8 Å². The number of nitrogens with zero attached hydrogens (tertiary/aromatic N) is 2. The van der Waals surface area contributed by atoms with Gasteiger partial charge < -0.3 is 5.73 Å². The number of aromatic nitrogens is 2. The second-order valence-corrected chi connectivity index (χ2v) is 5.33. The molecule has 0 aromatic carbocycles. The number of anilines is 1. The van der Waals surface area contributed by atoms with Crippen molar-refractivity contribution in [1.82, 2.24) is 9.97 Å². The van der Waals surface area contributed by atoms with Gasteiger partial charge in [0.25, 0.3) is 0 Å². The highest BCUT2D eigenvalue weighted by Crippen LogP contribution is 2.23. The maximum Gasteiger partial charge on any atom is 0.198 e. The van der Waals surface area contributed by atoms with Crippen LogP contribution in [0.2, 0.25) is 5.02 Å². The number of nitrogen functional groups attached to an aromatic ring is 1. The van der Waals surface area contributed by atoms with Gasteiger partial charge in [-0.2, -0.15) is 0 Å². The normalized spacial score (nSPS) is 10.8. The van der Waals surface area contributed by atoms with E-state index in [-0.39, 0.29) is 11.6 Å². The Morgan fingerprint density at radius 2 is 2.11 bits per heavy atom.